The number of rotatable bonds is 4. The molecular formula is C72H56B4N2. The van der Waals surface area contributed by atoms with Crippen molar-refractivity contribution in [3.8, 4) is 0 Å². The average molecular weight is 993 g/mol. The maximum Gasteiger partial charge on any atom is 0.247 e. The minimum Gasteiger partial charge on any atom is -0.312 e. The fourth-order valence-electron chi connectivity index (χ4n) is 18.8. The van der Waals surface area contributed by atoms with Crippen LogP contribution in [0.15, 0.2) is 170 Å². The summed E-state index contributed by atoms with van der Waals surface area (Å²) >= 11 is 0. The van der Waals surface area contributed by atoms with Crippen LogP contribution >= 0.6 is 0 Å². The summed E-state index contributed by atoms with van der Waals surface area (Å²) in [6, 6.07) is 68.2. The molecule has 0 fully saturated rings. The Bertz CT molecular complexity index is 4120. The summed E-state index contributed by atoms with van der Waals surface area (Å²) in [7, 11) is 0. The molecule has 10 aromatic carbocycles. The molecule has 2 unspecified atom stereocenters. The lowest BCUT2D eigenvalue weighted by Gasteiger charge is -2.65. The van der Waals surface area contributed by atoms with E-state index < -0.39 is 10.8 Å². The predicted molar refractivity (Wildman–Crippen MR) is 334 cm³/mol. The van der Waals surface area contributed by atoms with Gasteiger partial charge in [0.05, 0.1) is 0 Å². The van der Waals surface area contributed by atoms with E-state index >= 15 is 0 Å². The number of anilines is 6. The van der Waals surface area contributed by atoms with Gasteiger partial charge in [-0.15, -0.1) is 0 Å². The second kappa shape index (κ2) is 14.6. The zero-order valence-corrected chi connectivity index (χ0v) is 45.8. The molecule has 9 aliphatic rings. The van der Waals surface area contributed by atoms with E-state index in [-0.39, 0.29) is 26.9 Å². The molecule has 3 aliphatic carbocycles. The minimum atomic E-state index is -0.394. The zero-order chi connectivity index (χ0) is 52.2. The first-order chi connectivity index (χ1) is 38.1. The molecule has 6 aliphatic heterocycles. The molecule has 0 amide bonds. The molecule has 2 nitrogen and oxygen atoms in total. The van der Waals surface area contributed by atoms with Crippen LogP contribution in [-0.2, 0) is 10.8 Å². The van der Waals surface area contributed by atoms with Crippen molar-refractivity contribution in [2.45, 2.75) is 79.1 Å². The number of hydrogen-bond donors (Lipinski definition) is 0. The molecule has 6 heterocycles. The van der Waals surface area contributed by atoms with E-state index in [2.05, 4.69) is 235 Å². The smallest absolute Gasteiger partial charge is 0.247 e. The van der Waals surface area contributed by atoms with Gasteiger partial charge in [0.1, 0.15) is 0 Å². The lowest BCUT2D eigenvalue weighted by atomic mass is 9.27. The first kappa shape index (κ1) is 44.1. The molecule has 0 saturated carbocycles. The van der Waals surface area contributed by atoms with Gasteiger partial charge in [-0.3, -0.25) is 0 Å². The van der Waals surface area contributed by atoms with Crippen molar-refractivity contribution in [3.63, 3.8) is 0 Å². The number of hydrogen-bond acceptors (Lipinski definition) is 2. The van der Waals surface area contributed by atoms with Crippen molar-refractivity contribution in [2.24, 2.45) is 0 Å². The zero-order valence-electron chi connectivity index (χ0n) is 45.8. The van der Waals surface area contributed by atoms with Crippen LogP contribution in [0.4, 0.5) is 34.1 Å². The van der Waals surface area contributed by atoms with Crippen LogP contribution in [0.3, 0.4) is 0 Å². The highest BCUT2D eigenvalue weighted by Crippen LogP contribution is 2.73. The second-order valence-electron chi connectivity index (χ2n) is 24.8. The summed E-state index contributed by atoms with van der Waals surface area (Å²) in [4.78, 5) is 5.70. The van der Waals surface area contributed by atoms with E-state index in [1.54, 1.807) is 11.1 Å². The summed E-state index contributed by atoms with van der Waals surface area (Å²) in [6.45, 7) is 19.1. The van der Waals surface area contributed by atoms with Gasteiger partial charge in [0.25, 0.3) is 0 Å². The molecule has 0 radical (unpaired) electrons. The Morgan fingerprint density at radius 1 is 0.256 bits per heavy atom. The lowest BCUT2D eigenvalue weighted by Crippen LogP contribution is -2.70. The van der Waals surface area contributed by atoms with E-state index in [4.69, 9.17) is 0 Å². The third-order valence-electron chi connectivity index (χ3n) is 21.5. The van der Waals surface area contributed by atoms with Crippen molar-refractivity contribution in [2.75, 3.05) is 9.80 Å². The molecule has 0 N–H and O–H groups in total. The Morgan fingerprint density at radius 3 is 0.795 bits per heavy atom. The Hall–Kier alpha value is -7.94. The maximum atomic E-state index is 2.85. The van der Waals surface area contributed by atoms with E-state index in [1.807, 2.05) is 0 Å². The van der Waals surface area contributed by atoms with Crippen molar-refractivity contribution in [1.82, 2.24) is 0 Å². The van der Waals surface area contributed by atoms with Gasteiger partial charge in [0, 0.05) is 45.0 Å². The SMILES string of the molecule is Cc1cccc(C)c1B1c2cccc3c2N2c4c1cccc4C14CCC5(c6cccc7c6N6c8c(cccc8B(c8c(C)cccc8C)c8ccc1c5c86)B7c1c(C)cccc1C)c1ccc(c2c14)B3c1c(C)cccc1C. The van der Waals surface area contributed by atoms with Gasteiger partial charge in [-0.1, -0.05) is 236 Å². The van der Waals surface area contributed by atoms with E-state index in [0.29, 0.717) is 0 Å². The molecule has 2 spiro atoms. The Morgan fingerprint density at radius 2 is 0.500 bits per heavy atom. The van der Waals surface area contributed by atoms with Gasteiger partial charge in [-0.05, 0) is 145 Å². The highest BCUT2D eigenvalue weighted by Gasteiger charge is 2.67. The largest absolute Gasteiger partial charge is 0.312 e. The minimum absolute atomic E-state index is 0.0682. The van der Waals surface area contributed by atoms with Crippen LogP contribution in [-0.4, -0.2) is 26.9 Å². The molecule has 2 bridgehead atoms. The van der Waals surface area contributed by atoms with Crippen LogP contribution in [0, 0.1) is 55.4 Å². The monoisotopic (exact) mass is 992 g/mol. The lowest BCUT2D eigenvalue weighted by molar-refractivity contribution is 0.361. The molecule has 0 saturated heterocycles. The van der Waals surface area contributed by atoms with Crippen LogP contribution in [0.25, 0.3) is 0 Å². The third kappa shape index (κ3) is 4.78. The first-order valence-corrected chi connectivity index (χ1v) is 28.8. The van der Waals surface area contributed by atoms with Crippen LogP contribution < -0.4 is 75.4 Å². The summed E-state index contributed by atoms with van der Waals surface area (Å²) in [6.07, 6.45) is 2.07. The summed E-state index contributed by atoms with van der Waals surface area (Å²) < 4.78 is 0. The Labute approximate surface area is 460 Å². The quantitative estimate of drug-likeness (QED) is 0.166. The third-order valence-corrected chi connectivity index (χ3v) is 21.5. The van der Waals surface area contributed by atoms with Gasteiger partial charge in [-0.2, -0.15) is 0 Å². The molecule has 2 atom stereocenters. The number of aryl methyl sites for hydroxylation is 8. The van der Waals surface area contributed by atoms with Crippen molar-refractivity contribution in [1.29, 1.82) is 0 Å². The molecule has 366 valence electrons. The van der Waals surface area contributed by atoms with Gasteiger partial charge >= 0.3 is 0 Å². The van der Waals surface area contributed by atoms with Gasteiger partial charge in [0.15, 0.2) is 0 Å². The standard InChI is InChI=1S/C72H56B4N2/c1-39-17-9-18-40(2)61(39)73-51-27-13-25-49-65(51)77-67-53(73)29-15-31-55(67)75(63-43(5)21-11-22-44(63)6)57-35-34-48-59(69(57)77)71(49)37-38-72(48)50-26-14-28-52-66(50)78-68-54(74(52)62-41(3)19-10-20-42(62)4)30-16-32-56(68)76(64-45(7)23-12-24-46(64)8)58-36-33-47(71)60(72)70(58)78/h9-36H,37-38H2,1-8H3. The Kier molecular flexibility index (Phi) is 8.25. The molecule has 10 aromatic rings. The molecule has 78 heavy (non-hydrogen) atoms. The van der Waals surface area contributed by atoms with E-state index in [0.717, 1.165) is 12.8 Å². The summed E-state index contributed by atoms with van der Waals surface area (Å²) in [5, 5.41) is 0. The van der Waals surface area contributed by atoms with Crippen molar-refractivity contribution >= 4 is 127 Å². The topological polar surface area (TPSA) is 6.48 Å². The fourth-order valence-corrected chi connectivity index (χ4v) is 18.8. The molecule has 6 heteroatoms. The Balaban J connectivity index is 1.03. The summed E-state index contributed by atoms with van der Waals surface area (Å²) in [5.74, 6) is 0. The highest BCUT2D eigenvalue weighted by molar-refractivity contribution is 7.04. The average Bonchev–Trinajstić information content (AvgIpc) is 1.16. The summed E-state index contributed by atoms with van der Waals surface area (Å²) in [5.41, 5.74) is 45.0. The second-order valence-corrected chi connectivity index (χ2v) is 24.8. The maximum absolute atomic E-state index is 2.85. The molecule has 19 rings (SSSR count). The van der Waals surface area contributed by atoms with Crippen molar-refractivity contribution in [3.05, 3.63) is 248 Å². The fraction of sp³-hybridized carbons (Fsp3) is 0.167. The van der Waals surface area contributed by atoms with Crippen LogP contribution in [0.5, 0.6) is 0 Å². The van der Waals surface area contributed by atoms with Crippen LogP contribution in [0.1, 0.15) is 90.7 Å². The highest BCUT2D eigenvalue weighted by atomic mass is 15.2. The number of nitrogens with zero attached hydrogens (tertiary/aromatic N) is 2. The predicted octanol–water partition coefficient (Wildman–Crippen LogP) is 7.81. The number of para-hydroxylation sites is 4. The number of fused-ring (bicyclic) bond motifs is 1. The molecule has 0 aromatic heterocycles. The number of benzene rings is 10. The van der Waals surface area contributed by atoms with Gasteiger partial charge in [-0.25, -0.2) is 0 Å². The van der Waals surface area contributed by atoms with E-state index in [9.17, 15) is 0 Å². The van der Waals surface area contributed by atoms with E-state index in [1.165, 1.54) is 166 Å². The first-order valence-electron chi connectivity index (χ1n) is 28.8. The molecular weight excluding hydrogens is 936 g/mol. The van der Waals surface area contributed by atoms with Gasteiger partial charge < -0.3 is 9.80 Å². The van der Waals surface area contributed by atoms with Crippen LogP contribution in [0.2, 0.25) is 0 Å². The van der Waals surface area contributed by atoms with Crippen molar-refractivity contribution < 1.29 is 0 Å². The van der Waals surface area contributed by atoms with Gasteiger partial charge in [0.2, 0.25) is 26.9 Å². The normalized spacial score (nSPS) is 18.9.